The van der Waals surface area contributed by atoms with Gasteiger partial charge in [-0.05, 0) is 109 Å². The van der Waals surface area contributed by atoms with Crippen LogP contribution in [0.15, 0.2) is 47.0 Å². The van der Waals surface area contributed by atoms with Gasteiger partial charge in [0, 0.05) is 29.6 Å². The molecular formula is C32H41N5O6. The molecule has 1 aliphatic carbocycles. The first kappa shape index (κ1) is 33.2. The number of rotatable bonds is 10. The highest BCUT2D eigenvalue weighted by Crippen LogP contribution is 2.34. The molecule has 0 amide bonds. The number of carboxylic acids is 2. The molecule has 5 rings (SSSR count). The number of aryl methyl sites for hydroxylation is 2. The highest BCUT2D eigenvalue weighted by atomic mass is 16.5. The molecule has 43 heavy (non-hydrogen) atoms. The number of ether oxygens (including phenoxy) is 1. The lowest BCUT2D eigenvalue weighted by atomic mass is 9.91. The van der Waals surface area contributed by atoms with Gasteiger partial charge in [-0.15, -0.1) is 0 Å². The molecule has 2 fully saturated rings. The predicted molar refractivity (Wildman–Crippen MR) is 162 cm³/mol. The first-order valence-electron chi connectivity index (χ1n) is 14.6. The van der Waals surface area contributed by atoms with E-state index in [0.29, 0.717) is 23.8 Å². The average molecular weight is 592 g/mol. The zero-order valence-electron chi connectivity index (χ0n) is 25.1. The fraction of sp³-hybridized carbons (Fsp3) is 0.469. The maximum absolute atomic E-state index is 9.55. The van der Waals surface area contributed by atoms with E-state index in [1.165, 1.54) is 25.7 Å². The third kappa shape index (κ3) is 11.1. The minimum atomic E-state index is -1.26. The van der Waals surface area contributed by atoms with Crippen LogP contribution in [0.3, 0.4) is 0 Å². The van der Waals surface area contributed by atoms with E-state index < -0.39 is 11.9 Å². The quantitative estimate of drug-likeness (QED) is 0.283. The molecule has 1 saturated carbocycles. The lowest BCUT2D eigenvalue weighted by molar-refractivity contribution is -0.134. The van der Waals surface area contributed by atoms with Crippen LogP contribution in [0.25, 0.3) is 11.0 Å². The van der Waals surface area contributed by atoms with E-state index in [2.05, 4.69) is 45.5 Å². The summed E-state index contributed by atoms with van der Waals surface area (Å²) in [6.07, 6.45) is 8.15. The van der Waals surface area contributed by atoms with Crippen molar-refractivity contribution in [1.82, 2.24) is 20.4 Å². The second-order valence-corrected chi connectivity index (χ2v) is 10.8. The minimum absolute atomic E-state index is 0.494. The molecular weight excluding hydrogens is 550 g/mol. The maximum atomic E-state index is 9.55. The van der Waals surface area contributed by atoms with E-state index >= 15 is 0 Å². The largest absolute Gasteiger partial charge is 0.493 e. The molecule has 0 radical (unpaired) electrons. The third-order valence-corrected chi connectivity index (χ3v) is 7.26. The normalized spacial score (nSPS) is 15.2. The monoisotopic (exact) mass is 591 g/mol. The molecule has 0 spiro atoms. The van der Waals surface area contributed by atoms with Crippen LogP contribution < -0.4 is 10.1 Å². The van der Waals surface area contributed by atoms with Gasteiger partial charge < -0.3 is 24.8 Å². The molecule has 2 aromatic heterocycles. The van der Waals surface area contributed by atoms with Gasteiger partial charge >= 0.3 is 11.9 Å². The average Bonchev–Trinajstić information content (AvgIpc) is 3.73. The summed E-state index contributed by atoms with van der Waals surface area (Å²) in [5.41, 5.74) is 4.47. The van der Waals surface area contributed by atoms with Gasteiger partial charge in [0.15, 0.2) is 5.58 Å². The number of pyridine rings is 1. The summed E-state index contributed by atoms with van der Waals surface area (Å²) in [5.74, 6) is -0.145. The Labute approximate surface area is 252 Å². The van der Waals surface area contributed by atoms with Crippen LogP contribution >= 0.6 is 0 Å². The maximum Gasteiger partial charge on any atom is 0.328 e. The number of nitrogens with one attached hydrogen (secondary N) is 1. The summed E-state index contributed by atoms with van der Waals surface area (Å²) in [6, 6.07) is 12.0. The van der Waals surface area contributed by atoms with Crippen molar-refractivity contribution < 1.29 is 29.1 Å². The third-order valence-electron chi connectivity index (χ3n) is 7.26. The number of aliphatic carboxylic acids is 2. The number of carbonyl (C=O) groups is 2. The number of nitriles is 1. The van der Waals surface area contributed by atoms with E-state index in [1.807, 2.05) is 26.2 Å². The number of benzene rings is 1. The first-order valence-corrected chi connectivity index (χ1v) is 14.6. The van der Waals surface area contributed by atoms with Crippen LogP contribution in [0.4, 0.5) is 0 Å². The Morgan fingerprint density at radius 2 is 1.77 bits per heavy atom. The van der Waals surface area contributed by atoms with Crippen molar-refractivity contribution >= 4 is 22.9 Å². The SMILES string of the molecule is CNC.Cc1c(OCC2CC2)ccc2c(CCC3CCN(Cc4cccc(C#N)n4)CC3)noc12.O=C(O)C=CC(=O)O. The number of piperidine rings is 1. The Morgan fingerprint density at radius 3 is 2.37 bits per heavy atom. The number of fused-ring (bicyclic) bond motifs is 1. The van der Waals surface area contributed by atoms with Crippen molar-refractivity contribution in [3.8, 4) is 11.8 Å². The molecule has 0 unspecified atom stereocenters. The van der Waals surface area contributed by atoms with Crippen LogP contribution in [0.5, 0.6) is 5.75 Å². The summed E-state index contributed by atoms with van der Waals surface area (Å²) < 4.78 is 11.7. The summed E-state index contributed by atoms with van der Waals surface area (Å²) in [4.78, 5) is 26.0. The first-order chi connectivity index (χ1) is 20.7. The molecule has 0 bridgehead atoms. The van der Waals surface area contributed by atoms with Gasteiger partial charge in [0.2, 0.25) is 0 Å². The molecule has 1 aromatic carbocycles. The van der Waals surface area contributed by atoms with Gasteiger partial charge in [-0.25, -0.2) is 14.6 Å². The minimum Gasteiger partial charge on any atom is -0.493 e. The molecule has 1 aliphatic heterocycles. The zero-order valence-corrected chi connectivity index (χ0v) is 25.1. The molecule has 0 atom stereocenters. The fourth-order valence-corrected chi connectivity index (χ4v) is 4.77. The number of likely N-dealkylation sites (tertiary alicyclic amines) is 1. The lowest BCUT2D eigenvalue weighted by Gasteiger charge is -2.31. The standard InChI is InChI=1S/C26H30N4O2.C4H4O4.C2H7N/c1-18-25(31-17-20-5-6-20)10-8-23-24(29-32-26(18)23)9-7-19-11-13-30(14-12-19)16-22-4-2-3-21(15-27)28-22;5-3(6)1-2-4(7)8;1-3-2/h2-4,8,10,19-20H,5-7,9,11-14,16-17H2,1H3;1-2H,(H,5,6)(H,7,8);3H,1-2H3. The van der Waals surface area contributed by atoms with E-state index in [9.17, 15) is 9.59 Å². The molecule has 1 saturated heterocycles. The highest BCUT2D eigenvalue weighted by Gasteiger charge is 2.24. The van der Waals surface area contributed by atoms with Crippen LogP contribution in [0.2, 0.25) is 0 Å². The van der Waals surface area contributed by atoms with Gasteiger partial charge in [-0.2, -0.15) is 5.26 Å². The molecule has 230 valence electrons. The van der Waals surface area contributed by atoms with Gasteiger partial charge in [-0.1, -0.05) is 11.2 Å². The Hall–Kier alpha value is -4.27. The number of aromatic nitrogens is 2. The van der Waals surface area contributed by atoms with Gasteiger partial charge in [-0.3, -0.25) is 4.90 Å². The summed E-state index contributed by atoms with van der Waals surface area (Å²) >= 11 is 0. The molecule has 11 heteroatoms. The van der Waals surface area contributed by atoms with Crippen LogP contribution in [-0.4, -0.2) is 71.0 Å². The lowest BCUT2D eigenvalue weighted by Crippen LogP contribution is -2.33. The molecule has 3 aromatic rings. The van der Waals surface area contributed by atoms with Crippen molar-refractivity contribution in [2.24, 2.45) is 11.8 Å². The second-order valence-electron chi connectivity index (χ2n) is 10.8. The van der Waals surface area contributed by atoms with Crippen molar-refractivity contribution in [1.29, 1.82) is 5.26 Å². The van der Waals surface area contributed by atoms with Crippen molar-refractivity contribution in [3.05, 3.63) is 65.1 Å². The Balaban J connectivity index is 0.000000396. The summed E-state index contributed by atoms with van der Waals surface area (Å²) in [7, 11) is 3.75. The Kier molecular flexibility index (Phi) is 13.1. The van der Waals surface area contributed by atoms with E-state index in [0.717, 1.165) is 78.7 Å². The summed E-state index contributed by atoms with van der Waals surface area (Å²) in [5, 5.41) is 32.9. The number of nitrogens with zero attached hydrogens (tertiary/aromatic N) is 4. The van der Waals surface area contributed by atoms with Crippen molar-refractivity contribution in [2.45, 2.75) is 52.0 Å². The molecule has 11 nitrogen and oxygen atoms in total. The van der Waals surface area contributed by atoms with Gasteiger partial charge in [0.05, 0.1) is 18.0 Å². The van der Waals surface area contributed by atoms with Crippen LogP contribution in [0, 0.1) is 30.1 Å². The number of hydrogen-bond donors (Lipinski definition) is 3. The molecule has 3 N–H and O–H groups in total. The van der Waals surface area contributed by atoms with Crippen LogP contribution in [0.1, 0.15) is 54.7 Å². The smallest absolute Gasteiger partial charge is 0.328 e. The predicted octanol–water partition coefficient (Wildman–Crippen LogP) is 4.58. The van der Waals surface area contributed by atoms with E-state index in [1.54, 1.807) is 6.07 Å². The van der Waals surface area contributed by atoms with Crippen molar-refractivity contribution in [2.75, 3.05) is 33.8 Å². The Bertz CT molecular complexity index is 1400. The topological polar surface area (TPSA) is 162 Å². The van der Waals surface area contributed by atoms with Crippen LogP contribution in [-0.2, 0) is 22.6 Å². The number of hydrogen-bond acceptors (Lipinski definition) is 9. The second kappa shape index (κ2) is 17.0. The zero-order chi connectivity index (χ0) is 31.2. The van der Waals surface area contributed by atoms with Crippen molar-refractivity contribution in [3.63, 3.8) is 0 Å². The molecule has 3 heterocycles. The summed E-state index contributed by atoms with van der Waals surface area (Å²) in [6.45, 7) is 5.84. The van der Waals surface area contributed by atoms with E-state index in [4.69, 9.17) is 24.7 Å². The Morgan fingerprint density at radius 1 is 1.09 bits per heavy atom. The highest BCUT2D eigenvalue weighted by molar-refractivity contribution is 5.89. The van der Waals surface area contributed by atoms with Gasteiger partial charge in [0.1, 0.15) is 17.5 Å². The fourth-order valence-electron chi connectivity index (χ4n) is 4.77. The molecule has 2 aliphatic rings. The van der Waals surface area contributed by atoms with Gasteiger partial charge in [0.25, 0.3) is 0 Å². The van der Waals surface area contributed by atoms with E-state index in [-0.39, 0.29) is 0 Å². The number of carboxylic acid groups (broad SMARTS) is 2.